The highest BCUT2D eigenvalue weighted by Crippen LogP contribution is 2.43. The highest BCUT2D eigenvalue weighted by atomic mass is 16.5. The Morgan fingerprint density at radius 1 is 1.07 bits per heavy atom. The van der Waals surface area contributed by atoms with Gasteiger partial charge < -0.3 is 4.74 Å². The molecule has 0 aromatic carbocycles. The van der Waals surface area contributed by atoms with E-state index >= 15 is 0 Å². The summed E-state index contributed by atoms with van der Waals surface area (Å²) in [5.74, 6) is 0.724. The molecule has 3 aliphatic rings. The van der Waals surface area contributed by atoms with Crippen LogP contribution in [-0.4, -0.2) is 12.2 Å². The summed E-state index contributed by atoms with van der Waals surface area (Å²) in [5.41, 5.74) is 3.15. The van der Waals surface area contributed by atoms with Crippen LogP contribution in [0, 0.1) is 5.92 Å². The molecule has 0 N–H and O–H groups in total. The van der Waals surface area contributed by atoms with Crippen LogP contribution in [-0.2, 0) is 4.74 Å². The van der Waals surface area contributed by atoms with Crippen LogP contribution in [0.2, 0.25) is 0 Å². The molecule has 1 saturated heterocycles. The van der Waals surface area contributed by atoms with Crippen LogP contribution in [0.1, 0.15) is 45.4 Å². The largest absolute Gasteiger partial charge is 0.370 e. The van der Waals surface area contributed by atoms with Crippen LogP contribution in [0.25, 0.3) is 0 Å². The minimum Gasteiger partial charge on any atom is -0.370 e. The van der Waals surface area contributed by atoms with Crippen LogP contribution >= 0.6 is 0 Å². The van der Waals surface area contributed by atoms with Crippen LogP contribution in [0.5, 0.6) is 0 Å². The molecule has 1 nitrogen and oxygen atoms in total. The van der Waals surface area contributed by atoms with E-state index in [0.29, 0.717) is 12.2 Å². The first-order valence-electron chi connectivity index (χ1n) is 6.42. The SMILES string of the molecule is CC1OC2CCCCC2C2=CCCC=C21. The first-order chi connectivity index (χ1) is 7.36. The summed E-state index contributed by atoms with van der Waals surface area (Å²) in [7, 11) is 0. The van der Waals surface area contributed by atoms with Crippen LogP contribution in [0.3, 0.4) is 0 Å². The zero-order valence-corrected chi connectivity index (χ0v) is 9.54. The van der Waals surface area contributed by atoms with Crippen LogP contribution < -0.4 is 0 Å². The van der Waals surface area contributed by atoms with Crippen molar-refractivity contribution in [2.75, 3.05) is 0 Å². The van der Waals surface area contributed by atoms with Gasteiger partial charge in [-0.05, 0) is 43.8 Å². The van der Waals surface area contributed by atoms with Gasteiger partial charge in [0, 0.05) is 5.92 Å². The fourth-order valence-electron chi connectivity index (χ4n) is 3.43. The van der Waals surface area contributed by atoms with Crippen LogP contribution in [0.15, 0.2) is 23.3 Å². The Morgan fingerprint density at radius 2 is 1.80 bits per heavy atom. The first-order valence-corrected chi connectivity index (χ1v) is 6.42. The van der Waals surface area contributed by atoms with Crippen molar-refractivity contribution >= 4 is 0 Å². The van der Waals surface area contributed by atoms with E-state index in [1.54, 1.807) is 5.57 Å². The maximum absolute atomic E-state index is 6.15. The Balaban J connectivity index is 1.92. The summed E-state index contributed by atoms with van der Waals surface area (Å²) < 4.78 is 6.15. The van der Waals surface area contributed by atoms with Crippen molar-refractivity contribution in [1.29, 1.82) is 0 Å². The number of rotatable bonds is 0. The van der Waals surface area contributed by atoms with E-state index in [0.717, 1.165) is 5.92 Å². The fourth-order valence-corrected chi connectivity index (χ4v) is 3.43. The molecule has 82 valence electrons. The number of allylic oxidation sites excluding steroid dienone is 2. The highest BCUT2D eigenvalue weighted by molar-refractivity contribution is 5.40. The van der Waals surface area contributed by atoms with Crippen molar-refractivity contribution in [1.82, 2.24) is 0 Å². The summed E-state index contributed by atoms with van der Waals surface area (Å²) in [6.07, 6.45) is 13.6. The van der Waals surface area contributed by atoms with E-state index in [9.17, 15) is 0 Å². The van der Waals surface area contributed by atoms with E-state index in [-0.39, 0.29) is 0 Å². The summed E-state index contributed by atoms with van der Waals surface area (Å²) >= 11 is 0. The predicted octanol–water partition coefficient (Wildman–Crippen LogP) is 3.61. The Morgan fingerprint density at radius 3 is 2.67 bits per heavy atom. The highest BCUT2D eigenvalue weighted by Gasteiger charge is 2.37. The zero-order valence-electron chi connectivity index (χ0n) is 9.54. The lowest BCUT2D eigenvalue weighted by Gasteiger charge is -2.43. The van der Waals surface area contributed by atoms with E-state index < -0.39 is 0 Å². The molecule has 0 aromatic rings. The van der Waals surface area contributed by atoms with Crippen molar-refractivity contribution in [2.24, 2.45) is 5.92 Å². The lowest BCUT2D eigenvalue weighted by atomic mass is 9.73. The standard InChI is InChI=1S/C14H20O/c1-10-11-6-2-3-7-12(11)13-8-4-5-9-14(13)15-10/h6-7,10,13-14H,2-5,8-9H2,1H3. The third kappa shape index (κ3) is 1.57. The molecule has 0 aromatic heterocycles. The Bertz CT molecular complexity index is 313. The minimum atomic E-state index is 0.343. The van der Waals surface area contributed by atoms with E-state index in [2.05, 4.69) is 19.1 Å². The van der Waals surface area contributed by atoms with Gasteiger partial charge in [-0.25, -0.2) is 0 Å². The molecule has 2 fully saturated rings. The lowest BCUT2D eigenvalue weighted by molar-refractivity contribution is -0.0448. The first kappa shape index (κ1) is 9.65. The molecule has 3 unspecified atom stereocenters. The van der Waals surface area contributed by atoms with Gasteiger partial charge in [0.1, 0.15) is 0 Å². The molecule has 0 bridgehead atoms. The average Bonchev–Trinajstić information content (AvgIpc) is 2.30. The molecular weight excluding hydrogens is 184 g/mol. The lowest BCUT2D eigenvalue weighted by Crippen LogP contribution is -2.39. The van der Waals surface area contributed by atoms with E-state index in [1.165, 1.54) is 44.1 Å². The average molecular weight is 204 g/mol. The van der Waals surface area contributed by atoms with Crippen molar-refractivity contribution < 1.29 is 4.74 Å². The van der Waals surface area contributed by atoms with Gasteiger partial charge in [0.2, 0.25) is 0 Å². The summed E-state index contributed by atoms with van der Waals surface area (Å²) in [6.45, 7) is 2.22. The Kier molecular flexibility index (Phi) is 2.44. The van der Waals surface area contributed by atoms with Gasteiger partial charge in [0.25, 0.3) is 0 Å². The second-order valence-electron chi connectivity index (χ2n) is 5.10. The van der Waals surface area contributed by atoms with Gasteiger partial charge in [0.05, 0.1) is 12.2 Å². The predicted molar refractivity (Wildman–Crippen MR) is 61.7 cm³/mol. The monoisotopic (exact) mass is 204 g/mol. The van der Waals surface area contributed by atoms with Gasteiger partial charge in [-0.2, -0.15) is 0 Å². The molecule has 0 spiro atoms. The van der Waals surface area contributed by atoms with Gasteiger partial charge in [-0.15, -0.1) is 0 Å². The maximum atomic E-state index is 6.15. The normalized spacial score (nSPS) is 39.9. The van der Waals surface area contributed by atoms with Gasteiger partial charge in [-0.1, -0.05) is 25.0 Å². The van der Waals surface area contributed by atoms with Crippen molar-refractivity contribution in [3.8, 4) is 0 Å². The molecule has 0 amide bonds. The zero-order chi connectivity index (χ0) is 10.3. The smallest absolute Gasteiger partial charge is 0.0800 e. The number of fused-ring (bicyclic) bond motifs is 3. The number of ether oxygens (including phenoxy) is 1. The van der Waals surface area contributed by atoms with E-state index in [1.807, 2.05) is 0 Å². The molecule has 0 radical (unpaired) electrons. The molecule has 1 heterocycles. The molecule has 1 aliphatic heterocycles. The Hall–Kier alpha value is -0.560. The third-order valence-corrected chi connectivity index (χ3v) is 4.15. The molecule has 15 heavy (non-hydrogen) atoms. The summed E-state index contributed by atoms with van der Waals surface area (Å²) in [4.78, 5) is 0. The minimum absolute atomic E-state index is 0.343. The summed E-state index contributed by atoms with van der Waals surface area (Å²) in [6, 6.07) is 0. The van der Waals surface area contributed by atoms with Crippen molar-refractivity contribution in [2.45, 2.75) is 57.7 Å². The second kappa shape index (κ2) is 3.79. The van der Waals surface area contributed by atoms with Crippen LogP contribution in [0.4, 0.5) is 0 Å². The number of hydrogen-bond donors (Lipinski definition) is 0. The molecule has 1 heteroatoms. The topological polar surface area (TPSA) is 9.23 Å². The fraction of sp³-hybridized carbons (Fsp3) is 0.714. The van der Waals surface area contributed by atoms with E-state index in [4.69, 9.17) is 4.74 Å². The number of hydrogen-bond acceptors (Lipinski definition) is 1. The second-order valence-corrected chi connectivity index (χ2v) is 5.10. The van der Waals surface area contributed by atoms with Gasteiger partial charge in [-0.3, -0.25) is 0 Å². The quantitative estimate of drug-likeness (QED) is 0.585. The summed E-state index contributed by atoms with van der Waals surface area (Å²) in [5, 5.41) is 0. The third-order valence-electron chi connectivity index (χ3n) is 4.15. The molecule has 3 rings (SSSR count). The van der Waals surface area contributed by atoms with Crippen molar-refractivity contribution in [3.05, 3.63) is 23.3 Å². The molecule has 3 atom stereocenters. The van der Waals surface area contributed by atoms with Crippen molar-refractivity contribution in [3.63, 3.8) is 0 Å². The van der Waals surface area contributed by atoms with Gasteiger partial charge in [0.15, 0.2) is 0 Å². The molecule has 2 aliphatic carbocycles. The molecule has 1 saturated carbocycles. The van der Waals surface area contributed by atoms with Gasteiger partial charge >= 0.3 is 0 Å². The maximum Gasteiger partial charge on any atom is 0.0800 e. The Labute approximate surface area is 92.2 Å². The molecular formula is C14H20O.